The van der Waals surface area contributed by atoms with Gasteiger partial charge in [0.1, 0.15) is 23.5 Å². The van der Waals surface area contributed by atoms with Gasteiger partial charge < -0.3 is 19.5 Å². The van der Waals surface area contributed by atoms with Crippen molar-refractivity contribution in [1.29, 1.82) is 0 Å². The SMILES string of the molecule is CC(C)(C)OC(=O)N1C/C=C/[C@H](O)[C@@H]2CC[C@H]2CN2CCCCc3cc(Cl)ccc3COc3ccc(cc32)S(=O)(=O)NC(=O)C12CCC2. The number of anilines is 1. The van der Waals surface area contributed by atoms with Crippen molar-refractivity contribution in [2.45, 2.75) is 101 Å². The van der Waals surface area contributed by atoms with E-state index in [2.05, 4.69) is 9.62 Å². The van der Waals surface area contributed by atoms with Crippen LogP contribution in [0.5, 0.6) is 5.75 Å². The number of amides is 2. The van der Waals surface area contributed by atoms with Crippen molar-refractivity contribution in [3.05, 3.63) is 64.7 Å². The molecule has 1 spiro atoms. The second-order valence-electron chi connectivity index (χ2n) is 14.6. The highest BCUT2D eigenvalue weighted by molar-refractivity contribution is 7.90. The maximum atomic E-state index is 14.0. The largest absolute Gasteiger partial charge is 0.487 e. The van der Waals surface area contributed by atoms with Crippen LogP contribution in [0, 0.1) is 11.8 Å². The zero-order chi connectivity index (χ0) is 34.3. The number of nitrogens with one attached hydrogen (secondary N) is 1. The standard InChI is InChI=1S/C36H46ClN3O7S/c1-35(2,3)47-34(43)40-19-6-9-31(41)29-14-11-25(29)22-39-18-5-4-8-24-20-27(37)12-10-26(24)23-46-32-15-13-28(21-30(32)39)48(44,45)38-33(42)36(40)16-7-17-36/h6,9-10,12-13,15,20-21,25,29,31,41H,4-5,7-8,11,14,16-19,22-23H2,1-3H3,(H,38,42)/b9-6+/t25-,29+,31-/m0/s1. The maximum Gasteiger partial charge on any atom is 0.411 e. The molecule has 48 heavy (non-hydrogen) atoms. The van der Waals surface area contributed by atoms with Crippen LogP contribution in [0.4, 0.5) is 10.5 Å². The van der Waals surface area contributed by atoms with E-state index in [0.29, 0.717) is 36.0 Å². The molecule has 2 fully saturated rings. The van der Waals surface area contributed by atoms with Gasteiger partial charge in [-0.1, -0.05) is 29.8 Å². The van der Waals surface area contributed by atoms with E-state index in [1.165, 1.54) is 11.0 Å². The van der Waals surface area contributed by atoms with Crippen molar-refractivity contribution in [2.75, 3.05) is 24.5 Å². The second-order valence-corrected chi connectivity index (χ2v) is 16.7. The molecular formula is C36H46ClN3O7S. The minimum absolute atomic E-state index is 0.00720. The first kappa shape index (κ1) is 34.6. The van der Waals surface area contributed by atoms with Crippen LogP contribution in [-0.2, 0) is 32.6 Å². The van der Waals surface area contributed by atoms with Crippen LogP contribution in [-0.4, -0.2) is 67.3 Å². The second kappa shape index (κ2) is 13.6. The number of aryl methyl sites for hydroxylation is 1. The van der Waals surface area contributed by atoms with Crippen molar-refractivity contribution in [1.82, 2.24) is 9.62 Å². The summed E-state index contributed by atoms with van der Waals surface area (Å²) in [6.07, 6.45) is 7.52. The summed E-state index contributed by atoms with van der Waals surface area (Å²) < 4.78 is 42.3. The van der Waals surface area contributed by atoms with Crippen LogP contribution in [0.25, 0.3) is 0 Å². The molecule has 0 saturated heterocycles. The highest BCUT2D eigenvalue weighted by Gasteiger charge is 2.53. The number of fused-ring (bicyclic) bond motifs is 3. The van der Waals surface area contributed by atoms with E-state index in [0.717, 1.165) is 43.2 Å². The summed E-state index contributed by atoms with van der Waals surface area (Å²) >= 11 is 6.32. The van der Waals surface area contributed by atoms with E-state index >= 15 is 0 Å². The van der Waals surface area contributed by atoms with Gasteiger partial charge in [-0.2, -0.15) is 0 Å². The molecule has 12 heteroatoms. The number of halogens is 1. The summed E-state index contributed by atoms with van der Waals surface area (Å²) in [6, 6.07) is 10.5. The number of carbonyl (C=O) groups is 2. The van der Waals surface area contributed by atoms with Crippen LogP contribution in [0.1, 0.15) is 76.8 Å². The molecule has 2 aliphatic carbocycles. The summed E-state index contributed by atoms with van der Waals surface area (Å²) in [5, 5.41) is 12.0. The summed E-state index contributed by atoms with van der Waals surface area (Å²) in [5.74, 6) is -0.0935. The third-order valence-electron chi connectivity index (χ3n) is 10.2. The number of sulfonamides is 1. The molecule has 10 nitrogen and oxygen atoms in total. The number of hydrogen-bond acceptors (Lipinski definition) is 8. The number of rotatable bonds is 0. The Morgan fingerprint density at radius 2 is 1.88 bits per heavy atom. The first-order valence-corrected chi connectivity index (χ1v) is 18.8. The van der Waals surface area contributed by atoms with Gasteiger partial charge in [-0.15, -0.1) is 0 Å². The van der Waals surface area contributed by atoms with Gasteiger partial charge in [0, 0.05) is 24.7 Å². The van der Waals surface area contributed by atoms with Crippen LogP contribution >= 0.6 is 11.6 Å². The Bertz CT molecular complexity index is 1680. The average molecular weight is 700 g/mol. The highest BCUT2D eigenvalue weighted by atomic mass is 35.5. The van der Waals surface area contributed by atoms with E-state index in [4.69, 9.17) is 21.1 Å². The molecule has 4 aliphatic rings. The van der Waals surface area contributed by atoms with Crippen LogP contribution in [0.3, 0.4) is 0 Å². The summed E-state index contributed by atoms with van der Waals surface area (Å²) in [5.41, 5.74) is 0.530. The molecule has 2 heterocycles. The van der Waals surface area contributed by atoms with Gasteiger partial charge in [-0.3, -0.25) is 9.69 Å². The quantitative estimate of drug-likeness (QED) is 0.322. The molecule has 2 aliphatic heterocycles. The van der Waals surface area contributed by atoms with Gasteiger partial charge in [0.05, 0.1) is 16.7 Å². The number of aliphatic hydroxyl groups is 1. The first-order valence-electron chi connectivity index (χ1n) is 17.0. The lowest BCUT2D eigenvalue weighted by Crippen LogP contribution is -2.65. The Morgan fingerprint density at radius 1 is 1.08 bits per heavy atom. The molecule has 0 unspecified atom stereocenters. The third kappa shape index (κ3) is 7.19. The van der Waals surface area contributed by atoms with E-state index in [9.17, 15) is 23.1 Å². The molecule has 2 N–H and O–H groups in total. The summed E-state index contributed by atoms with van der Waals surface area (Å²) in [4.78, 5) is 30.9. The predicted molar refractivity (Wildman–Crippen MR) is 184 cm³/mol. The minimum Gasteiger partial charge on any atom is -0.487 e. The zero-order valence-electron chi connectivity index (χ0n) is 27.9. The summed E-state index contributed by atoms with van der Waals surface area (Å²) in [6.45, 7) is 6.76. The Labute approximate surface area is 288 Å². The molecule has 6 rings (SSSR count). The molecule has 3 atom stereocenters. The highest BCUT2D eigenvalue weighted by Crippen LogP contribution is 2.43. The molecule has 2 aromatic rings. The van der Waals surface area contributed by atoms with Crippen LogP contribution < -0.4 is 14.4 Å². The van der Waals surface area contributed by atoms with Gasteiger partial charge >= 0.3 is 6.09 Å². The lowest BCUT2D eigenvalue weighted by atomic mass is 9.70. The van der Waals surface area contributed by atoms with Gasteiger partial charge in [-0.25, -0.2) is 17.9 Å². The normalized spacial score (nSPS) is 26.3. The number of nitrogens with zero attached hydrogens (tertiary/aromatic N) is 2. The number of hydrogen-bond donors (Lipinski definition) is 2. The zero-order valence-corrected chi connectivity index (χ0v) is 29.5. The molecule has 260 valence electrons. The lowest BCUT2D eigenvalue weighted by Gasteiger charge is -2.48. The van der Waals surface area contributed by atoms with Crippen molar-refractivity contribution < 1.29 is 32.6 Å². The fourth-order valence-corrected chi connectivity index (χ4v) is 8.50. The third-order valence-corrected chi connectivity index (χ3v) is 11.8. The number of aliphatic hydroxyl groups excluding tert-OH is 1. The van der Waals surface area contributed by atoms with Crippen molar-refractivity contribution >= 4 is 39.3 Å². The van der Waals surface area contributed by atoms with E-state index < -0.39 is 39.3 Å². The molecule has 0 aromatic heterocycles. The maximum absolute atomic E-state index is 14.0. The summed E-state index contributed by atoms with van der Waals surface area (Å²) in [7, 11) is -4.34. The topological polar surface area (TPSA) is 125 Å². The van der Waals surface area contributed by atoms with Crippen molar-refractivity contribution in [2.24, 2.45) is 11.8 Å². The Hall–Kier alpha value is -3.28. The molecule has 2 amide bonds. The number of benzene rings is 2. The molecule has 2 bridgehead atoms. The van der Waals surface area contributed by atoms with Gasteiger partial charge in [0.25, 0.3) is 15.9 Å². The Balaban J connectivity index is 1.40. The fourth-order valence-electron chi connectivity index (χ4n) is 7.24. The molecule has 2 aromatic carbocycles. The number of carbonyl (C=O) groups excluding carboxylic acids is 2. The Kier molecular flexibility index (Phi) is 9.77. The average Bonchev–Trinajstić information content (AvgIpc) is 2.99. The minimum atomic E-state index is -4.34. The van der Waals surface area contributed by atoms with Crippen molar-refractivity contribution in [3.8, 4) is 5.75 Å². The van der Waals surface area contributed by atoms with Gasteiger partial charge in [0.15, 0.2) is 0 Å². The smallest absolute Gasteiger partial charge is 0.411 e. The lowest BCUT2D eigenvalue weighted by molar-refractivity contribution is -0.137. The van der Waals surface area contributed by atoms with Crippen LogP contribution in [0.15, 0.2) is 53.4 Å². The van der Waals surface area contributed by atoms with E-state index in [-0.39, 0.29) is 42.7 Å². The van der Waals surface area contributed by atoms with Crippen LogP contribution in [0.2, 0.25) is 5.02 Å². The monoisotopic (exact) mass is 699 g/mol. The van der Waals surface area contributed by atoms with E-state index in [1.54, 1.807) is 45.1 Å². The first-order chi connectivity index (χ1) is 22.8. The van der Waals surface area contributed by atoms with Crippen molar-refractivity contribution in [3.63, 3.8) is 0 Å². The number of ether oxygens (including phenoxy) is 2. The van der Waals surface area contributed by atoms with Gasteiger partial charge in [-0.05, 0) is 125 Å². The molecule has 2 saturated carbocycles. The fraction of sp³-hybridized carbons (Fsp3) is 0.556. The molecular weight excluding hydrogens is 654 g/mol. The molecule has 0 radical (unpaired) electrons. The van der Waals surface area contributed by atoms with E-state index in [1.807, 2.05) is 18.2 Å². The predicted octanol–water partition coefficient (Wildman–Crippen LogP) is 5.98. The van der Waals surface area contributed by atoms with Gasteiger partial charge in [0.2, 0.25) is 0 Å². The Morgan fingerprint density at radius 3 is 2.56 bits per heavy atom.